The van der Waals surface area contributed by atoms with Crippen molar-refractivity contribution in [2.75, 3.05) is 38.8 Å². The van der Waals surface area contributed by atoms with Gasteiger partial charge in [0.05, 0.1) is 19.3 Å². The number of nitrogens with zero attached hydrogens (tertiary/aromatic N) is 1. The molecule has 4 N–H and O–H groups in total. The molecule has 2 aliphatic heterocycles. The zero-order chi connectivity index (χ0) is 25.6. The summed E-state index contributed by atoms with van der Waals surface area (Å²) in [6.07, 6.45) is 1.19. The summed E-state index contributed by atoms with van der Waals surface area (Å²) >= 11 is 0. The first-order valence-corrected chi connectivity index (χ1v) is 12.5. The van der Waals surface area contributed by atoms with Crippen molar-refractivity contribution in [1.82, 2.24) is 10.3 Å². The molecule has 2 aromatic carbocycles. The van der Waals surface area contributed by atoms with Crippen LogP contribution >= 0.6 is 0 Å². The molecular formula is C28H32N4O5. The fourth-order valence-electron chi connectivity index (χ4n) is 4.48. The molecule has 5 rings (SSSR count). The van der Waals surface area contributed by atoms with Crippen LogP contribution in [-0.2, 0) is 16.1 Å². The first kappa shape index (κ1) is 24.9. The number of ether oxygens (including phenoxy) is 4. The SMILES string of the molecule is COc1nc(-c2cccc3c2OC(CNC(=O)C2CCOCC2)CO3)ccc1Nc1ccc(CN)cc1. The van der Waals surface area contributed by atoms with Gasteiger partial charge in [-0.25, -0.2) is 4.98 Å². The van der Waals surface area contributed by atoms with Gasteiger partial charge in [-0.2, -0.15) is 0 Å². The lowest BCUT2D eigenvalue weighted by molar-refractivity contribution is -0.128. The van der Waals surface area contributed by atoms with E-state index in [1.54, 1.807) is 7.11 Å². The minimum atomic E-state index is -0.309. The molecule has 9 nitrogen and oxygen atoms in total. The highest BCUT2D eigenvalue weighted by molar-refractivity contribution is 5.79. The molecule has 1 atom stereocenters. The van der Waals surface area contributed by atoms with Crippen LogP contribution in [0, 0.1) is 5.92 Å². The molecule has 194 valence electrons. The number of nitrogens with two attached hydrogens (primary N) is 1. The fourth-order valence-corrected chi connectivity index (χ4v) is 4.48. The van der Waals surface area contributed by atoms with E-state index in [4.69, 9.17) is 29.7 Å². The standard InChI is InChI=1S/C28H32N4O5/c1-34-28-24(31-20-7-5-18(15-29)6-8-20)10-9-23(32-28)22-3-2-4-25-26(22)37-21(17-36-25)16-30-27(33)19-11-13-35-14-12-19/h2-10,19,21,31H,11-17,29H2,1H3,(H,30,33). The maximum atomic E-state index is 12.5. The highest BCUT2D eigenvalue weighted by Gasteiger charge is 2.27. The largest absolute Gasteiger partial charge is 0.486 e. The Kier molecular flexibility index (Phi) is 7.72. The molecule has 0 bridgehead atoms. The van der Waals surface area contributed by atoms with E-state index in [9.17, 15) is 4.79 Å². The van der Waals surface area contributed by atoms with Gasteiger partial charge in [0.2, 0.25) is 11.8 Å². The van der Waals surface area contributed by atoms with Crippen LogP contribution in [-0.4, -0.2) is 50.5 Å². The zero-order valence-electron chi connectivity index (χ0n) is 20.9. The molecule has 1 amide bonds. The van der Waals surface area contributed by atoms with Crippen LogP contribution in [0.15, 0.2) is 54.6 Å². The van der Waals surface area contributed by atoms with Crippen molar-refractivity contribution in [2.24, 2.45) is 11.7 Å². The number of rotatable bonds is 8. The number of benzene rings is 2. The summed E-state index contributed by atoms with van der Waals surface area (Å²) < 4.78 is 23.2. The molecule has 0 spiro atoms. The molecule has 3 heterocycles. The van der Waals surface area contributed by atoms with Crippen LogP contribution in [0.3, 0.4) is 0 Å². The van der Waals surface area contributed by atoms with Crippen molar-refractivity contribution in [3.05, 3.63) is 60.2 Å². The van der Waals surface area contributed by atoms with Crippen LogP contribution in [0.1, 0.15) is 18.4 Å². The third-order valence-electron chi connectivity index (χ3n) is 6.58. The quantitative estimate of drug-likeness (QED) is 0.426. The maximum Gasteiger partial charge on any atom is 0.238 e. The predicted octanol–water partition coefficient (Wildman–Crippen LogP) is 3.64. The molecule has 9 heteroatoms. The lowest BCUT2D eigenvalue weighted by Crippen LogP contribution is -2.43. The lowest BCUT2D eigenvalue weighted by atomic mass is 9.99. The molecule has 1 saturated heterocycles. The van der Waals surface area contributed by atoms with E-state index in [2.05, 4.69) is 10.6 Å². The van der Waals surface area contributed by atoms with Crippen LogP contribution in [0.2, 0.25) is 0 Å². The van der Waals surface area contributed by atoms with Gasteiger partial charge in [0, 0.05) is 36.9 Å². The Labute approximate surface area is 216 Å². The second-order valence-electron chi connectivity index (χ2n) is 9.09. The van der Waals surface area contributed by atoms with Gasteiger partial charge in [0.1, 0.15) is 18.4 Å². The van der Waals surface area contributed by atoms with Gasteiger partial charge in [0.25, 0.3) is 0 Å². The van der Waals surface area contributed by atoms with Crippen LogP contribution in [0.5, 0.6) is 17.4 Å². The summed E-state index contributed by atoms with van der Waals surface area (Å²) in [4.78, 5) is 17.3. The normalized spacial score (nSPS) is 17.2. The van der Waals surface area contributed by atoms with Gasteiger partial charge in [0.15, 0.2) is 11.5 Å². The van der Waals surface area contributed by atoms with E-state index in [-0.39, 0.29) is 17.9 Å². The van der Waals surface area contributed by atoms with Crippen molar-refractivity contribution in [1.29, 1.82) is 0 Å². The number of carbonyl (C=O) groups is 1. The van der Waals surface area contributed by atoms with Crippen LogP contribution < -0.4 is 30.6 Å². The Hall–Kier alpha value is -3.82. The highest BCUT2D eigenvalue weighted by Crippen LogP contribution is 2.41. The summed E-state index contributed by atoms with van der Waals surface area (Å²) in [7, 11) is 1.59. The van der Waals surface area contributed by atoms with Gasteiger partial charge in [-0.15, -0.1) is 0 Å². The monoisotopic (exact) mass is 504 g/mol. The Morgan fingerprint density at radius 3 is 2.68 bits per heavy atom. The molecule has 0 aliphatic carbocycles. The van der Waals surface area contributed by atoms with Gasteiger partial charge in [-0.05, 0) is 54.8 Å². The molecular weight excluding hydrogens is 472 g/mol. The maximum absolute atomic E-state index is 12.5. The number of carbonyl (C=O) groups excluding carboxylic acids is 1. The Bertz CT molecular complexity index is 1230. The number of nitrogens with one attached hydrogen (secondary N) is 2. The van der Waals surface area contributed by atoms with Crippen molar-refractivity contribution in [3.63, 3.8) is 0 Å². The minimum absolute atomic E-state index is 0.0107. The molecule has 0 radical (unpaired) electrons. The van der Waals surface area contributed by atoms with E-state index >= 15 is 0 Å². The zero-order valence-corrected chi connectivity index (χ0v) is 20.9. The third kappa shape index (κ3) is 5.79. The highest BCUT2D eigenvalue weighted by atomic mass is 16.6. The van der Waals surface area contributed by atoms with Crippen LogP contribution in [0.4, 0.5) is 11.4 Å². The molecule has 3 aromatic rings. The summed E-state index contributed by atoms with van der Waals surface area (Å²) in [5.74, 6) is 1.73. The van der Waals surface area contributed by atoms with Crippen molar-refractivity contribution in [3.8, 4) is 28.6 Å². The number of anilines is 2. The summed E-state index contributed by atoms with van der Waals surface area (Å²) in [6.45, 7) is 2.47. The number of fused-ring (bicyclic) bond motifs is 1. The topological polar surface area (TPSA) is 117 Å². The lowest BCUT2D eigenvalue weighted by Gasteiger charge is -2.29. The first-order valence-electron chi connectivity index (χ1n) is 12.5. The molecule has 2 aliphatic rings. The third-order valence-corrected chi connectivity index (χ3v) is 6.58. The van der Waals surface area contributed by atoms with Crippen molar-refractivity contribution in [2.45, 2.75) is 25.5 Å². The van der Waals surface area contributed by atoms with E-state index in [0.717, 1.165) is 35.3 Å². The van der Waals surface area contributed by atoms with Gasteiger partial charge in [-0.1, -0.05) is 18.2 Å². The van der Waals surface area contributed by atoms with E-state index in [1.165, 1.54) is 0 Å². The van der Waals surface area contributed by atoms with Gasteiger partial charge < -0.3 is 35.3 Å². The molecule has 0 saturated carbocycles. The number of pyridine rings is 1. The number of methoxy groups -OCH3 is 1. The second kappa shape index (κ2) is 11.5. The Balaban J connectivity index is 1.31. The average Bonchev–Trinajstić information content (AvgIpc) is 2.96. The Morgan fingerprint density at radius 2 is 1.92 bits per heavy atom. The van der Waals surface area contributed by atoms with E-state index in [0.29, 0.717) is 56.0 Å². The van der Waals surface area contributed by atoms with Crippen molar-refractivity contribution < 1.29 is 23.7 Å². The minimum Gasteiger partial charge on any atom is -0.486 e. The summed E-state index contributed by atoms with van der Waals surface area (Å²) in [5.41, 5.74) is 9.88. The predicted molar refractivity (Wildman–Crippen MR) is 140 cm³/mol. The summed E-state index contributed by atoms with van der Waals surface area (Å²) in [5, 5.41) is 6.36. The molecule has 1 aromatic heterocycles. The number of aromatic nitrogens is 1. The summed E-state index contributed by atoms with van der Waals surface area (Å²) in [6, 6.07) is 17.4. The van der Waals surface area contributed by atoms with Gasteiger partial charge >= 0.3 is 0 Å². The smallest absolute Gasteiger partial charge is 0.238 e. The number of amides is 1. The first-order chi connectivity index (χ1) is 18.1. The Morgan fingerprint density at radius 1 is 1.11 bits per heavy atom. The number of hydrogen-bond acceptors (Lipinski definition) is 8. The van der Waals surface area contributed by atoms with Crippen LogP contribution in [0.25, 0.3) is 11.3 Å². The molecule has 1 fully saturated rings. The van der Waals surface area contributed by atoms with Gasteiger partial charge in [-0.3, -0.25) is 4.79 Å². The average molecular weight is 505 g/mol. The van der Waals surface area contributed by atoms with E-state index in [1.807, 2.05) is 54.6 Å². The van der Waals surface area contributed by atoms with E-state index < -0.39 is 0 Å². The number of para-hydroxylation sites is 1. The fraction of sp³-hybridized carbons (Fsp3) is 0.357. The molecule has 1 unspecified atom stereocenters. The number of hydrogen-bond donors (Lipinski definition) is 3. The molecule has 37 heavy (non-hydrogen) atoms. The second-order valence-corrected chi connectivity index (χ2v) is 9.09. The van der Waals surface area contributed by atoms with Crippen molar-refractivity contribution >= 4 is 17.3 Å².